The van der Waals surface area contributed by atoms with E-state index in [0.717, 1.165) is 6.67 Å². The van der Waals surface area contributed by atoms with Gasteiger partial charge < -0.3 is 19.3 Å². The first-order valence-electron chi connectivity index (χ1n) is 6.40. The van der Waals surface area contributed by atoms with Crippen molar-refractivity contribution in [2.24, 2.45) is 0 Å². The predicted molar refractivity (Wildman–Crippen MR) is 76.1 cm³/mol. The lowest BCUT2D eigenvalue weighted by Crippen LogP contribution is -2.70. The van der Waals surface area contributed by atoms with E-state index in [9.17, 15) is 0 Å². The van der Waals surface area contributed by atoms with Crippen LogP contribution in [0, 0.1) is 0 Å². The second-order valence-electron chi connectivity index (χ2n) is 5.23. The van der Waals surface area contributed by atoms with E-state index >= 15 is 0 Å². The van der Waals surface area contributed by atoms with Gasteiger partial charge in [-0.2, -0.15) is 0 Å². The maximum Gasteiger partial charge on any atom is 0.331 e. The van der Waals surface area contributed by atoms with Crippen LogP contribution in [0.2, 0.25) is 13.6 Å². The van der Waals surface area contributed by atoms with E-state index in [0.29, 0.717) is 20.0 Å². The van der Waals surface area contributed by atoms with Crippen LogP contribution < -0.4 is 4.81 Å². The van der Waals surface area contributed by atoms with E-state index in [1.807, 2.05) is 6.20 Å². The molecular weight excluding hydrogens is 210 g/mol. The van der Waals surface area contributed by atoms with Gasteiger partial charge in [0.2, 0.25) is 0 Å². The van der Waals surface area contributed by atoms with Gasteiger partial charge in [0, 0.05) is 6.20 Å². The van der Waals surface area contributed by atoms with Gasteiger partial charge in [-0.05, 0) is 25.2 Å². The number of rotatable bonds is 2. The van der Waals surface area contributed by atoms with E-state index in [2.05, 4.69) is 66.0 Å². The summed E-state index contributed by atoms with van der Waals surface area (Å²) < 4.78 is 2.53. The van der Waals surface area contributed by atoms with Gasteiger partial charge in [-0.15, -0.1) is 0 Å². The second-order valence-corrected chi connectivity index (χ2v) is 5.23. The van der Waals surface area contributed by atoms with Crippen LogP contribution in [0.3, 0.4) is 0 Å². The van der Waals surface area contributed by atoms with Gasteiger partial charge in [0.25, 0.3) is 6.98 Å². The normalized spacial score (nSPS) is 19.5. The zero-order valence-corrected chi connectivity index (χ0v) is 11.5. The molecule has 6 heteroatoms. The van der Waals surface area contributed by atoms with Gasteiger partial charge in [-0.25, -0.2) is 0 Å². The number of H-pyrrole nitrogens is 1. The lowest BCUT2D eigenvalue weighted by molar-refractivity contribution is 0.405. The Balaban J connectivity index is 2.25. The molecule has 0 amide bonds. The highest BCUT2D eigenvalue weighted by Crippen LogP contribution is 2.22. The minimum absolute atomic E-state index is 0.417. The molecule has 1 fully saturated rings. The molecule has 2 rings (SSSR count). The highest BCUT2D eigenvalue weighted by molar-refractivity contribution is 6.73. The lowest BCUT2D eigenvalue weighted by atomic mass is 9.57. The Bertz CT molecular complexity index is 354. The van der Waals surface area contributed by atoms with E-state index in [4.69, 9.17) is 0 Å². The standard InChI is InChI=1S/C11H22B2N4/c1-10(2)17-12(3)15(5)9-16(13(17)4)11-7-6-8-14-11/h6-8,10,14H,9H2,1-5H3. The van der Waals surface area contributed by atoms with Crippen LogP contribution in [0.4, 0.5) is 5.82 Å². The molecule has 1 saturated heterocycles. The molecule has 0 radical (unpaired) electrons. The van der Waals surface area contributed by atoms with E-state index in [1.54, 1.807) is 0 Å². The van der Waals surface area contributed by atoms with Crippen LogP contribution in [0.15, 0.2) is 18.3 Å². The number of hydrogen-bond acceptors (Lipinski definition) is 3. The Hall–Kier alpha value is -0.870. The van der Waals surface area contributed by atoms with Crippen molar-refractivity contribution in [3.8, 4) is 0 Å². The average molecular weight is 232 g/mol. The van der Waals surface area contributed by atoms with Gasteiger partial charge in [0.1, 0.15) is 0 Å². The first-order chi connectivity index (χ1) is 8.02. The molecule has 1 aromatic heterocycles. The molecular formula is C11H22B2N4. The summed E-state index contributed by atoms with van der Waals surface area (Å²) >= 11 is 0. The zero-order valence-electron chi connectivity index (χ0n) is 11.5. The fourth-order valence-corrected chi connectivity index (χ4v) is 2.82. The van der Waals surface area contributed by atoms with Crippen LogP contribution in [-0.4, -0.2) is 48.2 Å². The fraction of sp³-hybridized carbons (Fsp3) is 0.636. The van der Waals surface area contributed by atoms with Crippen LogP contribution in [0.5, 0.6) is 0 Å². The number of aromatic amines is 1. The van der Waals surface area contributed by atoms with Gasteiger partial charge in [0.05, 0.1) is 12.5 Å². The molecule has 0 aromatic carbocycles. The fourth-order valence-electron chi connectivity index (χ4n) is 2.82. The molecule has 1 aliphatic rings. The molecule has 17 heavy (non-hydrogen) atoms. The minimum Gasteiger partial charge on any atom is -0.376 e. The Morgan fingerprint density at radius 1 is 1.29 bits per heavy atom. The van der Waals surface area contributed by atoms with Crippen LogP contribution in [-0.2, 0) is 0 Å². The Labute approximate surface area is 105 Å². The monoisotopic (exact) mass is 232 g/mol. The van der Waals surface area contributed by atoms with Gasteiger partial charge >= 0.3 is 6.98 Å². The van der Waals surface area contributed by atoms with Crippen molar-refractivity contribution in [2.45, 2.75) is 33.5 Å². The van der Waals surface area contributed by atoms with Crippen LogP contribution in [0.1, 0.15) is 13.8 Å². The van der Waals surface area contributed by atoms with Crippen molar-refractivity contribution < 1.29 is 0 Å². The molecule has 0 unspecified atom stereocenters. The Kier molecular flexibility index (Phi) is 3.54. The molecule has 1 N–H and O–H groups in total. The summed E-state index contributed by atoms with van der Waals surface area (Å²) in [5.41, 5.74) is 0. The smallest absolute Gasteiger partial charge is 0.331 e. The van der Waals surface area contributed by atoms with Gasteiger partial charge in [-0.3, -0.25) is 0 Å². The number of nitrogens with zero attached hydrogens (tertiary/aromatic N) is 3. The average Bonchev–Trinajstić information content (AvgIpc) is 2.76. The van der Waals surface area contributed by atoms with Crippen molar-refractivity contribution in [1.82, 2.24) is 14.5 Å². The summed E-state index contributed by atoms with van der Waals surface area (Å²) in [6.45, 7) is 11.0. The molecule has 0 aliphatic carbocycles. The van der Waals surface area contributed by atoms with Crippen molar-refractivity contribution in [3.05, 3.63) is 18.3 Å². The number of hydrogen-bond donors (Lipinski definition) is 1. The minimum atomic E-state index is 0.417. The van der Waals surface area contributed by atoms with Crippen molar-refractivity contribution in [1.29, 1.82) is 0 Å². The highest BCUT2D eigenvalue weighted by Gasteiger charge is 2.40. The maximum atomic E-state index is 3.30. The topological polar surface area (TPSA) is 25.5 Å². The molecule has 2 heterocycles. The van der Waals surface area contributed by atoms with Gasteiger partial charge in [0.15, 0.2) is 0 Å². The van der Waals surface area contributed by atoms with Gasteiger partial charge in [-0.1, -0.05) is 27.5 Å². The summed E-state index contributed by atoms with van der Waals surface area (Å²) in [7, 11) is 2.18. The molecule has 1 aromatic rings. The summed E-state index contributed by atoms with van der Waals surface area (Å²) in [5, 5.41) is 0. The maximum absolute atomic E-state index is 3.30. The number of nitrogens with one attached hydrogen (secondary N) is 1. The molecule has 0 bridgehead atoms. The predicted octanol–water partition coefficient (Wildman–Crippen LogP) is 1.67. The summed E-state index contributed by atoms with van der Waals surface area (Å²) in [6.07, 6.45) is 1.99. The summed E-state index contributed by atoms with van der Waals surface area (Å²) in [4.78, 5) is 8.08. The lowest BCUT2D eigenvalue weighted by Gasteiger charge is -2.49. The highest BCUT2D eigenvalue weighted by atomic mass is 15.4. The molecule has 1 aliphatic heterocycles. The third-order valence-electron chi connectivity index (χ3n) is 3.81. The van der Waals surface area contributed by atoms with E-state index in [-0.39, 0.29) is 0 Å². The first kappa shape index (κ1) is 12.6. The Morgan fingerprint density at radius 3 is 2.53 bits per heavy atom. The number of anilines is 1. The third kappa shape index (κ3) is 2.24. The van der Waals surface area contributed by atoms with E-state index in [1.165, 1.54) is 5.82 Å². The zero-order chi connectivity index (χ0) is 12.6. The molecule has 0 spiro atoms. The quantitative estimate of drug-likeness (QED) is 0.785. The summed E-state index contributed by atoms with van der Waals surface area (Å²) in [6, 6.07) is 4.73. The van der Waals surface area contributed by atoms with Crippen molar-refractivity contribution >= 4 is 19.8 Å². The van der Waals surface area contributed by atoms with Crippen molar-refractivity contribution in [2.75, 3.05) is 18.5 Å². The summed E-state index contributed by atoms with van der Waals surface area (Å²) in [5.74, 6) is 1.20. The molecule has 0 saturated carbocycles. The third-order valence-corrected chi connectivity index (χ3v) is 3.81. The molecule has 0 atom stereocenters. The molecule has 4 nitrogen and oxygen atoms in total. The Morgan fingerprint density at radius 2 is 2.00 bits per heavy atom. The number of aromatic nitrogens is 1. The largest absolute Gasteiger partial charge is 0.376 e. The van der Waals surface area contributed by atoms with Crippen LogP contribution >= 0.6 is 0 Å². The SMILES string of the molecule is CB1N(C)CN(c2ccc[nH]2)B(C)N1C(C)C. The molecule has 92 valence electrons. The van der Waals surface area contributed by atoms with Crippen LogP contribution in [0.25, 0.3) is 0 Å². The second kappa shape index (κ2) is 4.78. The van der Waals surface area contributed by atoms with Crippen molar-refractivity contribution in [3.63, 3.8) is 0 Å². The van der Waals surface area contributed by atoms with E-state index < -0.39 is 0 Å². The first-order valence-corrected chi connectivity index (χ1v) is 6.40.